The highest BCUT2D eigenvalue weighted by Gasteiger charge is 2.47. The topological polar surface area (TPSA) is 174 Å². The van der Waals surface area contributed by atoms with Crippen LogP contribution in [0.25, 0.3) is 0 Å². The van der Waals surface area contributed by atoms with E-state index in [1.165, 1.54) is 41.8 Å². The number of aryl methyl sites for hydroxylation is 1. The number of carbonyl (C=O) groups is 6. The van der Waals surface area contributed by atoms with Crippen LogP contribution in [-0.4, -0.2) is 95.6 Å². The Morgan fingerprint density at radius 3 is 2.23 bits per heavy atom. The molecule has 0 bridgehead atoms. The second-order valence-corrected chi connectivity index (χ2v) is 21.6. The molecule has 14 heteroatoms. The molecule has 1 fully saturated rings. The van der Waals surface area contributed by atoms with Crippen LogP contribution in [0.2, 0.25) is 19.1 Å². The number of likely N-dealkylation sites (N-methyl/N-ethyl adjacent to an activating group) is 1. The quantitative estimate of drug-likeness (QED) is 0.183. The Bertz CT molecular complexity index is 1960. The summed E-state index contributed by atoms with van der Waals surface area (Å²) < 4.78 is 5.47. The molecular formula is C42H53N5O8Si. The molecule has 3 aromatic carbocycles. The maximum absolute atomic E-state index is 14.7. The van der Waals surface area contributed by atoms with Gasteiger partial charge in [-0.1, -0.05) is 49.5 Å². The Balaban J connectivity index is 1.36. The second-order valence-electron chi connectivity index (χ2n) is 16.6. The Hall–Kier alpha value is -5.50. The highest BCUT2D eigenvalue weighted by atomic mass is 28.3. The predicted molar refractivity (Wildman–Crippen MR) is 215 cm³/mol. The molecule has 2 aliphatic rings. The Morgan fingerprint density at radius 2 is 1.59 bits per heavy atom. The summed E-state index contributed by atoms with van der Waals surface area (Å²) in [4.78, 5) is 82.3. The number of amides is 5. The number of aromatic carboxylic acids is 1. The van der Waals surface area contributed by atoms with Gasteiger partial charge in [-0.05, 0) is 106 Å². The molecule has 4 unspecified atom stereocenters. The molecule has 4 N–H and O–H groups in total. The number of nitrogens with one attached hydrogen (secondary N) is 3. The van der Waals surface area contributed by atoms with Gasteiger partial charge in [-0.3, -0.25) is 24.1 Å². The van der Waals surface area contributed by atoms with Gasteiger partial charge in [-0.15, -0.1) is 0 Å². The molecule has 13 nitrogen and oxygen atoms in total. The number of carbonyl (C=O) groups excluding carboxylic acids is 5. The monoisotopic (exact) mass is 783 g/mol. The fourth-order valence-corrected chi connectivity index (χ4v) is 10.1. The summed E-state index contributed by atoms with van der Waals surface area (Å²) in [7, 11) is -0.592. The van der Waals surface area contributed by atoms with Crippen molar-refractivity contribution in [3.63, 3.8) is 0 Å². The van der Waals surface area contributed by atoms with Crippen molar-refractivity contribution < 1.29 is 38.6 Å². The van der Waals surface area contributed by atoms with Crippen molar-refractivity contribution in [3.8, 4) is 0 Å². The first-order chi connectivity index (χ1) is 26.3. The van der Waals surface area contributed by atoms with E-state index < -0.39 is 61.6 Å². The molecule has 1 aliphatic heterocycles. The number of nitrogens with zero attached hydrogens (tertiary/aromatic N) is 2. The zero-order valence-corrected chi connectivity index (χ0v) is 34.2. The first-order valence-corrected chi connectivity index (χ1v) is 22.4. The third-order valence-electron chi connectivity index (χ3n) is 10.3. The maximum atomic E-state index is 14.7. The van der Waals surface area contributed by atoms with E-state index in [1.54, 1.807) is 56.9 Å². The van der Waals surface area contributed by atoms with Gasteiger partial charge in [0.2, 0.25) is 17.7 Å². The third kappa shape index (κ3) is 10.4. The van der Waals surface area contributed by atoms with Gasteiger partial charge in [0, 0.05) is 30.9 Å². The van der Waals surface area contributed by atoms with Gasteiger partial charge in [0.25, 0.3) is 5.91 Å². The number of benzene rings is 3. The lowest BCUT2D eigenvalue weighted by atomic mass is 9.87. The van der Waals surface area contributed by atoms with Crippen molar-refractivity contribution in [2.45, 2.75) is 102 Å². The van der Waals surface area contributed by atoms with Crippen molar-refractivity contribution in [2.75, 3.05) is 18.5 Å². The molecule has 298 valence electrons. The number of ether oxygens (including phenoxy) is 1. The largest absolute Gasteiger partial charge is 0.478 e. The van der Waals surface area contributed by atoms with E-state index in [0.717, 1.165) is 24.8 Å². The predicted octanol–water partition coefficient (Wildman–Crippen LogP) is 5.57. The Morgan fingerprint density at radius 1 is 0.946 bits per heavy atom. The van der Waals surface area contributed by atoms with Gasteiger partial charge in [0.1, 0.15) is 23.7 Å². The van der Waals surface area contributed by atoms with Gasteiger partial charge in [0.05, 0.1) is 19.7 Å². The summed E-state index contributed by atoms with van der Waals surface area (Å²) in [6.45, 7) is 11.0. The number of carboxylic acids is 1. The maximum Gasteiger partial charge on any atom is 0.410 e. The average Bonchev–Trinajstić information content (AvgIpc) is 3.49. The van der Waals surface area contributed by atoms with Crippen LogP contribution in [0, 0.1) is 0 Å². The van der Waals surface area contributed by atoms with Crippen molar-refractivity contribution >= 4 is 49.5 Å². The normalized spacial score (nSPS) is 18.4. The summed E-state index contributed by atoms with van der Waals surface area (Å²) in [5, 5.41) is 18.1. The molecule has 3 aromatic rings. The van der Waals surface area contributed by atoms with Crippen molar-refractivity contribution in [3.05, 3.63) is 101 Å². The SMILES string of the molecule is CC(C(=O)NC(Cc1ccc(NC(=O)c2ccc(C(=O)O)cc2)cc1)C(=O)N1C[Si](C)(C)CC1C(=O)NC1CCCc2ccccc21)N(C)C(=O)OC(C)(C)C. The van der Waals surface area contributed by atoms with Crippen molar-refractivity contribution in [1.29, 1.82) is 0 Å². The fourth-order valence-electron chi connectivity index (χ4n) is 7.19. The van der Waals surface area contributed by atoms with Crippen LogP contribution in [0.1, 0.15) is 84.0 Å². The van der Waals surface area contributed by atoms with E-state index >= 15 is 0 Å². The van der Waals surface area contributed by atoms with Crippen LogP contribution < -0.4 is 16.0 Å². The second kappa shape index (κ2) is 17.1. The zero-order valence-electron chi connectivity index (χ0n) is 33.2. The first-order valence-electron chi connectivity index (χ1n) is 19.0. The Kier molecular flexibility index (Phi) is 12.7. The summed E-state index contributed by atoms with van der Waals surface area (Å²) in [5.41, 5.74) is 3.02. The van der Waals surface area contributed by atoms with Gasteiger partial charge in [0.15, 0.2) is 0 Å². The van der Waals surface area contributed by atoms with E-state index in [2.05, 4.69) is 35.1 Å². The van der Waals surface area contributed by atoms with Crippen LogP contribution in [0.5, 0.6) is 0 Å². The average molecular weight is 784 g/mol. The molecule has 4 atom stereocenters. The van der Waals surface area contributed by atoms with E-state index in [1.807, 2.05) is 18.2 Å². The highest BCUT2D eigenvalue weighted by Crippen LogP contribution is 2.32. The molecule has 1 saturated heterocycles. The highest BCUT2D eigenvalue weighted by molar-refractivity contribution is 6.79. The summed E-state index contributed by atoms with van der Waals surface area (Å²) in [6.07, 6.45) is 2.52. The first kappa shape index (κ1) is 41.7. The van der Waals surface area contributed by atoms with Crippen LogP contribution in [0.4, 0.5) is 10.5 Å². The third-order valence-corrected chi connectivity index (χ3v) is 13.0. The molecule has 0 saturated carbocycles. The minimum atomic E-state index is -2.05. The number of carboxylic acid groups (broad SMARTS) is 1. The lowest BCUT2D eigenvalue weighted by Gasteiger charge is -2.33. The molecule has 0 aromatic heterocycles. The zero-order chi connectivity index (χ0) is 40.9. The standard InChI is InChI=1S/C42H53N5O8Si/c1-26(46(5)41(54)55-42(2,3)4)36(48)45-34(23-27-15-21-31(22-16-27)43-37(49)29-17-19-30(20-18-29)40(52)53)39(51)47-25-56(6,7)24-35(47)38(50)44-33-14-10-12-28-11-8-9-13-32(28)33/h8-9,11,13,15-22,26,33-35H,10,12,14,23-25H2,1-7H3,(H,43,49)(H,44,50)(H,45,48)(H,52,53). The number of hydrogen-bond acceptors (Lipinski definition) is 7. The van der Waals surface area contributed by atoms with Crippen LogP contribution in [0.15, 0.2) is 72.8 Å². The molecule has 0 radical (unpaired) electrons. The smallest absolute Gasteiger partial charge is 0.410 e. The summed E-state index contributed by atoms with van der Waals surface area (Å²) >= 11 is 0. The Labute approximate surface area is 329 Å². The van der Waals surface area contributed by atoms with Crippen molar-refractivity contribution in [1.82, 2.24) is 20.4 Å². The molecule has 1 aliphatic carbocycles. The van der Waals surface area contributed by atoms with Gasteiger partial charge in [-0.25, -0.2) is 9.59 Å². The lowest BCUT2D eigenvalue weighted by molar-refractivity contribution is -0.141. The van der Waals surface area contributed by atoms with E-state index in [-0.39, 0.29) is 29.5 Å². The number of anilines is 1. The van der Waals surface area contributed by atoms with E-state index in [0.29, 0.717) is 23.5 Å². The summed E-state index contributed by atoms with van der Waals surface area (Å²) in [6, 6.07) is 18.1. The minimum Gasteiger partial charge on any atom is -0.478 e. The lowest BCUT2D eigenvalue weighted by Crippen LogP contribution is -2.57. The molecular weight excluding hydrogens is 731 g/mol. The van der Waals surface area contributed by atoms with Gasteiger partial charge >= 0.3 is 12.1 Å². The van der Waals surface area contributed by atoms with E-state index in [9.17, 15) is 28.8 Å². The van der Waals surface area contributed by atoms with Gasteiger partial charge < -0.3 is 30.7 Å². The van der Waals surface area contributed by atoms with Crippen LogP contribution in [0.3, 0.4) is 0 Å². The van der Waals surface area contributed by atoms with E-state index in [4.69, 9.17) is 9.84 Å². The number of fused-ring (bicyclic) bond motifs is 1. The molecule has 0 spiro atoms. The molecule has 5 amide bonds. The number of hydrogen-bond donors (Lipinski definition) is 4. The minimum absolute atomic E-state index is 0.0646. The van der Waals surface area contributed by atoms with Crippen LogP contribution in [-0.2, 0) is 32.0 Å². The fraction of sp³-hybridized carbons (Fsp3) is 0.429. The molecule has 5 rings (SSSR count). The van der Waals surface area contributed by atoms with Gasteiger partial charge in [-0.2, -0.15) is 0 Å². The van der Waals surface area contributed by atoms with Crippen LogP contribution >= 0.6 is 0 Å². The molecule has 56 heavy (non-hydrogen) atoms. The molecule has 1 heterocycles. The van der Waals surface area contributed by atoms with Crippen molar-refractivity contribution in [2.24, 2.45) is 0 Å². The number of rotatable bonds is 11. The summed E-state index contributed by atoms with van der Waals surface area (Å²) in [5.74, 6) is -2.69.